The number of amides is 3. The summed E-state index contributed by atoms with van der Waals surface area (Å²) in [5, 5.41) is 16.1. The maximum Gasteiger partial charge on any atom is 0.318 e. The highest BCUT2D eigenvalue weighted by Gasteiger charge is 2.59. The third-order valence-corrected chi connectivity index (χ3v) is 10.7. The van der Waals surface area contributed by atoms with Crippen LogP contribution in [-0.4, -0.2) is 77.2 Å². The van der Waals surface area contributed by atoms with E-state index in [-0.39, 0.29) is 50.9 Å². The molecule has 3 amide bonds. The van der Waals surface area contributed by atoms with Crippen molar-refractivity contribution in [2.75, 3.05) is 51.3 Å². The van der Waals surface area contributed by atoms with Crippen LogP contribution in [0.2, 0.25) is 0 Å². The Kier molecular flexibility index (Phi) is 7.99. The zero-order valence-corrected chi connectivity index (χ0v) is 26.5. The van der Waals surface area contributed by atoms with E-state index in [2.05, 4.69) is 21.7 Å². The maximum atomic E-state index is 15.0. The fourth-order valence-corrected chi connectivity index (χ4v) is 8.02. The first kappa shape index (κ1) is 31.1. The van der Waals surface area contributed by atoms with Gasteiger partial charge in [0.05, 0.1) is 43.7 Å². The van der Waals surface area contributed by atoms with E-state index in [1.54, 1.807) is 24.0 Å². The molecule has 0 bridgehead atoms. The van der Waals surface area contributed by atoms with Crippen LogP contribution in [0.5, 0.6) is 17.4 Å². The van der Waals surface area contributed by atoms with Gasteiger partial charge in [-0.15, -0.1) is 0 Å². The van der Waals surface area contributed by atoms with Crippen LogP contribution in [0, 0.1) is 16.7 Å². The van der Waals surface area contributed by atoms with Gasteiger partial charge in [0.1, 0.15) is 16.4 Å². The minimum atomic E-state index is -4.68. The van der Waals surface area contributed by atoms with E-state index in [1.165, 1.54) is 56.8 Å². The maximum absolute atomic E-state index is 15.0. The fraction of sp³-hybridized carbons (Fsp3) is 0.375. The number of hydrogen-bond acceptors (Lipinski definition) is 10. The molecule has 2 fully saturated rings. The van der Waals surface area contributed by atoms with Gasteiger partial charge in [0.25, 0.3) is 15.9 Å². The minimum absolute atomic E-state index is 0.0337. The first-order chi connectivity index (χ1) is 22.1. The van der Waals surface area contributed by atoms with Crippen molar-refractivity contribution in [2.24, 2.45) is 5.41 Å². The molecule has 13 nitrogen and oxygen atoms in total. The Morgan fingerprint density at radius 3 is 2.48 bits per heavy atom. The number of methoxy groups -OCH3 is 2. The molecule has 3 aliphatic heterocycles. The van der Waals surface area contributed by atoms with Gasteiger partial charge < -0.3 is 29.7 Å². The van der Waals surface area contributed by atoms with Crippen molar-refractivity contribution >= 4 is 27.6 Å². The van der Waals surface area contributed by atoms with E-state index < -0.39 is 27.5 Å². The lowest BCUT2D eigenvalue weighted by molar-refractivity contribution is -0.121. The first-order valence-electron chi connectivity index (χ1n) is 14.9. The van der Waals surface area contributed by atoms with Gasteiger partial charge in [-0.1, -0.05) is 0 Å². The molecule has 3 aromatic rings. The number of pyridine rings is 1. The van der Waals surface area contributed by atoms with Crippen molar-refractivity contribution in [3.05, 3.63) is 71.4 Å². The summed E-state index contributed by atoms with van der Waals surface area (Å²) >= 11 is 0. The van der Waals surface area contributed by atoms with Crippen LogP contribution in [-0.2, 0) is 20.4 Å². The van der Waals surface area contributed by atoms with Crippen molar-refractivity contribution in [1.82, 2.24) is 20.5 Å². The number of aromatic nitrogens is 1. The average molecular weight is 647 g/mol. The van der Waals surface area contributed by atoms with Crippen LogP contribution in [0.4, 0.5) is 10.5 Å². The number of fused-ring (bicyclic) bond motifs is 1. The smallest absolute Gasteiger partial charge is 0.318 e. The molecule has 0 radical (unpaired) electrons. The van der Waals surface area contributed by atoms with Crippen LogP contribution < -0.4 is 29.1 Å². The highest BCUT2D eigenvalue weighted by Crippen LogP contribution is 2.50. The van der Waals surface area contributed by atoms with Gasteiger partial charge in [-0.05, 0) is 67.6 Å². The lowest BCUT2D eigenvalue weighted by Gasteiger charge is -2.48. The normalized spacial score (nSPS) is 20.0. The van der Waals surface area contributed by atoms with E-state index in [4.69, 9.17) is 14.2 Å². The van der Waals surface area contributed by atoms with Crippen molar-refractivity contribution < 1.29 is 32.2 Å². The number of carbonyl (C=O) groups is 2. The summed E-state index contributed by atoms with van der Waals surface area (Å²) in [6.07, 6.45) is 3.06. The number of piperidine rings is 1. The summed E-state index contributed by atoms with van der Waals surface area (Å²) in [4.78, 5) is 34.9. The van der Waals surface area contributed by atoms with Crippen molar-refractivity contribution in [1.29, 1.82) is 5.26 Å². The van der Waals surface area contributed by atoms with E-state index >= 15 is 4.79 Å². The predicted molar refractivity (Wildman–Crippen MR) is 166 cm³/mol. The Hall–Kier alpha value is -4.87. The number of ether oxygens (including phenoxy) is 3. The Bertz CT molecular complexity index is 1850. The van der Waals surface area contributed by atoms with Gasteiger partial charge in [-0.2, -0.15) is 9.57 Å². The highest BCUT2D eigenvalue weighted by molar-refractivity contribution is 7.93. The van der Waals surface area contributed by atoms with Gasteiger partial charge in [-0.3, -0.25) is 4.79 Å². The second-order valence-electron chi connectivity index (χ2n) is 11.5. The summed E-state index contributed by atoms with van der Waals surface area (Å²) in [6, 6.07) is 13.0. The molecule has 0 aliphatic carbocycles. The van der Waals surface area contributed by atoms with Gasteiger partial charge in [-0.25, -0.2) is 18.2 Å². The Morgan fingerprint density at radius 1 is 1.09 bits per heavy atom. The summed E-state index contributed by atoms with van der Waals surface area (Å²) in [5.41, 5.74) is -1.64. The number of likely N-dealkylation sites (tertiary alicyclic amines) is 1. The van der Waals surface area contributed by atoms with Crippen LogP contribution in [0.15, 0.2) is 59.6 Å². The molecule has 1 aromatic heterocycles. The van der Waals surface area contributed by atoms with Crippen LogP contribution >= 0.6 is 0 Å². The van der Waals surface area contributed by atoms with Crippen molar-refractivity contribution in [3.8, 4) is 23.4 Å². The number of anilines is 1. The molecule has 3 aliphatic rings. The quantitative estimate of drug-likeness (QED) is 0.372. The van der Waals surface area contributed by atoms with Crippen molar-refractivity contribution in [2.45, 2.75) is 30.2 Å². The molecule has 0 unspecified atom stereocenters. The molecule has 2 N–H and O–H groups in total. The zero-order valence-electron chi connectivity index (χ0n) is 25.7. The first-order valence-corrected chi connectivity index (χ1v) is 16.3. The molecular formula is C32H34N6O7S. The van der Waals surface area contributed by atoms with Gasteiger partial charge in [0, 0.05) is 44.0 Å². The van der Waals surface area contributed by atoms with E-state index in [0.717, 1.165) is 25.9 Å². The number of urea groups is 1. The summed E-state index contributed by atoms with van der Waals surface area (Å²) < 4.78 is 46.2. The molecule has 1 spiro atoms. The summed E-state index contributed by atoms with van der Waals surface area (Å²) in [5.74, 6) is -0.657. The Labute approximate surface area is 267 Å². The molecule has 46 heavy (non-hydrogen) atoms. The molecular weight excluding hydrogens is 612 g/mol. The van der Waals surface area contributed by atoms with E-state index in [0.29, 0.717) is 23.1 Å². The molecule has 2 saturated heterocycles. The zero-order chi connectivity index (χ0) is 32.7. The topological polar surface area (TPSA) is 163 Å². The lowest BCUT2D eigenvalue weighted by atomic mass is 9.73. The largest absolute Gasteiger partial charge is 0.497 e. The van der Waals surface area contributed by atoms with Gasteiger partial charge in [0.2, 0.25) is 5.88 Å². The Balaban J connectivity index is 1.54. The third kappa shape index (κ3) is 4.87. The third-order valence-electron chi connectivity index (χ3n) is 9.00. The SMILES string of the molecule is CCOc1ncccc1[C@@]1(NC(=O)N2CCC3(CC2)CNC3)C(=O)N(S(=O)(=O)c2ccc(OC)cc2OC)c2ccc(C#N)cc21. The number of nitrogens with zero attached hydrogens (tertiary/aromatic N) is 4. The number of benzene rings is 2. The average Bonchev–Trinajstić information content (AvgIpc) is 3.31. The number of nitriles is 1. The standard InChI is InChI=1S/C32H34N6O7S/c1-4-45-28-23(6-5-13-35-28)32(36-30(40)37-14-11-31(12-15-37)19-34-20-31)24-16-21(18-33)7-9-25(24)38(29(32)39)46(41,42)27-10-8-22(43-2)17-26(27)44-3/h5-10,13,16-17,34H,4,11-12,14-15,19-20H2,1-3H3,(H,36,40)/t32-/m0/s1. The Morgan fingerprint density at radius 2 is 1.85 bits per heavy atom. The van der Waals surface area contributed by atoms with Gasteiger partial charge in [0.15, 0.2) is 5.54 Å². The molecule has 0 saturated carbocycles. The number of nitrogens with one attached hydrogen (secondary N) is 2. The molecule has 1 atom stereocenters. The molecule has 240 valence electrons. The van der Waals surface area contributed by atoms with Gasteiger partial charge >= 0.3 is 6.03 Å². The monoisotopic (exact) mass is 646 g/mol. The number of sulfonamides is 1. The second kappa shape index (κ2) is 11.8. The van der Waals surface area contributed by atoms with Crippen LogP contribution in [0.1, 0.15) is 36.5 Å². The van der Waals surface area contributed by atoms with Crippen LogP contribution in [0.25, 0.3) is 0 Å². The highest BCUT2D eigenvalue weighted by atomic mass is 32.2. The van der Waals surface area contributed by atoms with E-state index in [1.807, 2.05) is 0 Å². The lowest BCUT2D eigenvalue weighted by Crippen LogP contribution is -2.62. The number of carbonyl (C=O) groups excluding carboxylic acids is 2. The molecule has 14 heteroatoms. The van der Waals surface area contributed by atoms with E-state index in [9.17, 15) is 18.5 Å². The minimum Gasteiger partial charge on any atom is -0.497 e. The van der Waals surface area contributed by atoms with Crippen LogP contribution in [0.3, 0.4) is 0 Å². The molecule has 4 heterocycles. The second-order valence-corrected chi connectivity index (χ2v) is 13.3. The van der Waals surface area contributed by atoms with Crippen molar-refractivity contribution in [3.63, 3.8) is 0 Å². The number of hydrogen-bond donors (Lipinski definition) is 2. The summed E-state index contributed by atoms with van der Waals surface area (Å²) in [6.45, 7) is 4.63. The predicted octanol–water partition coefficient (Wildman–Crippen LogP) is 2.74. The number of rotatable bonds is 8. The summed E-state index contributed by atoms with van der Waals surface area (Å²) in [7, 11) is -1.94. The molecule has 6 rings (SSSR count). The molecule has 2 aromatic carbocycles. The fourth-order valence-electron chi connectivity index (χ4n) is 6.42.